The number of amides is 1. The molecule has 8 heteroatoms. The molecule has 24 heavy (non-hydrogen) atoms. The van der Waals surface area contributed by atoms with E-state index in [9.17, 15) is 18.0 Å². The number of ether oxygens (including phenoxy) is 1. The normalized spacial score (nSPS) is 11.2. The fourth-order valence-electron chi connectivity index (χ4n) is 1.86. The highest BCUT2D eigenvalue weighted by Crippen LogP contribution is 2.31. The first-order valence-corrected chi connectivity index (χ1v) is 7.56. The summed E-state index contributed by atoms with van der Waals surface area (Å²) in [5.74, 6) is -0.354. The topological polar surface area (TPSA) is 38.3 Å². The van der Waals surface area contributed by atoms with Crippen LogP contribution < -0.4 is 10.1 Å². The van der Waals surface area contributed by atoms with Crippen molar-refractivity contribution in [3.8, 4) is 5.75 Å². The van der Waals surface area contributed by atoms with Crippen molar-refractivity contribution in [3.05, 3.63) is 63.6 Å². The predicted octanol–water partition coefficient (Wildman–Crippen LogP) is 4.82. The van der Waals surface area contributed by atoms with Crippen LogP contribution in [0.2, 0.25) is 10.0 Å². The van der Waals surface area contributed by atoms with E-state index in [4.69, 9.17) is 27.9 Å². The zero-order valence-electron chi connectivity index (χ0n) is 12.2. The van der Waals surface area contributed by atoms with E-state index >= 15 is 0 Å². The first kappa shape index (κ1) is 18.4. The molecule has 0 aliphatic carbocycles. The SMILES string of the molecule is O=C(NCCOc1cccc(C(F)(F)F)c1)c1ccc(Cl)cc1Cl. The Bertz CT molecular complexity index is 736. The molecule has 0 aromatic heterocycles. The van der Waals surface area contributed by atoms with Crippen molar-refractivity contribution in [3.63, 3.8) is 0 Å². The smallest absolute Gasteiger partial charge is 0.416 e. The van der Waals surface area contributed by atoms with Crippen LogP contribution in [0.3, 0.4) is 0 Å². The van der Waals surface area contributed by atoms with Gasteiger partial charge in [-0.05, 0) is 36.4 Å². The Labute approximate surface area is 146 Å². The molecule has 0 unspecified atom stereocenters. The molecule has 0 saturated heterocycles. The standard InChI is InChI=1S/C16H12Cl2F3NO2/c17-11-4-5-13(14(18)9-11)15(23)22-6-7-24-12-3-1-2-10(8-12)16(19,20)21/h1-5,8-9H,6-7H2,(H,22,23). The maximum atomic E-state index is 12.6. The Morgan fingerprint density at radius 2 is 1.88 bits per heavy atom. The van der Waals surface area contributed by atoms with Gasteiger partial charge in [-0.25, -0.2) is 0 Å². The summed E-state index contributed by atoms with van der Waals surface area (Å²) in [6, 6.07) is 8.97. The van der Waals surface area contributed by atoms with Gasteiger partial charge in [-0.1, -0.05) is 29.3 Å². The van der Waals surface area contributed by atoms with Crippen molar-refractivity contribution in [1.29, 1.82) is 0 Å². The lowest BCUT2D eigenvalue weighted by Gasteiger charge is -2.11. The second-order valence-corrected chi connectivity index (χ2v) is 5.60. The molecule has 2 rings (SSSR count). The second kappa shape index (κ2) is 7.77. The third-order valence-corrected chi connectivity index (χ3v) is 3.54. The Morgan fingerprint density at radius 1 is 1.12 bits per heavy atom. The van der Waals surface area contributed by atoms with Gasteiger partial charge >= 0.3 is 6.18 Å². The molecule has 0 heterocycles. The molecule has 2 aromatic rings. The number of carbonyl (C=O) groups excluding carboxylic acids is 1. The number of nitrogens with one attached hydrogen (secondary N) is 1. The molecule has 0 radical (unpaired) electrons. The molecule has 1 amide bonds. The minimum absolute atomic E-state index is 0.0122. The minimum Gasteiger partial charge on any atom is -0.492 e. The molecule has 0 saturated carbocycles. The Balaban J connectivity index is 1.86. The molecule has 0 spiro atoms. The van der Waals surface area contributed by atoms with Crippen molar-refractivity contribution in [2.45, 2.75) is 6.18 Å². The minimum atomic E-state index is -4.43. The van der Waals surface area contributed by atoms with Gasteiger partial charge in [0.1, 0.15) is 12.4 Å². The van der Waals surface area contributed by atoms with Gasteiger partial charge in [-0.2, -0.15) is 13.2 Å². The lowest BCUT2D eigenvalue weighted by atomic mass is 10.2. The highest BCUT2D eigenvalue weighted by atomic mass is 35.5. The van der Waals surface area contributed by atoms with Gasteiger partial charge in [0, 0.05) is 5.02 Å². The van der Waals surface area contributed by atoms with Crippen LogP contribution in [0.1, 0.15) is 15.9 Å². The average molecular weight is 378 g/mol. The highest BCUT2D eigenvalue weighted by molar-refractivity contribution is 6.36. The van der Waals surface area contributed by atoms with Crippen molar-refractivity contribution in [2.24, 2.45) is 0 Å². The third kappa shape index (κ3) is 5.04. The summed E-state index contributed by atoms with van der Waals surface area (Å²) in [6.45, 7) is 0.117. The van der Waals surface area contributed by atoms with Gasteiger partial charge in [-0.3, -0.25) is 4.79 Å². The van der Waals surface area contributed by atoms with Crippen LogP contribution in [-0.2, 0) is 6.18 Å². The Kier molecular flexibility index (Phi) is 5.96. The summed E-state index contributed by atoms with van der Waals surface area (Å²) in [7, 11) is 0. The molecular formula is C16H12Cl2F3NO2. The molecule has 0 atom stereocenters. The third-order valence-electron chi connectivity index (χ3n) is 2.99. The van der Waals surface area contributed by atoms with Crippen LogP contribution in [0.15, 0.2) is 42.5 Å². The molecule has 3 nitrogen and oxygen atoms in total. The number of hydrogen-bond donors (Lipinski definition) is 1. The molecule has 0 aliphatic rings. The fraction of sp³-hybridized carbons (Fsp3) is 0.188. The summed E-state index contributed by atoms with van der Waals surface area (Å²) >= 11 is 11.7. The van der Waals surface area contributed by atoms with Crippen molar-refractivity contribution < 1.29 is 22.7 Å². The lowest BCUT2D eigenvalue weighted by molar-refractivity contribution is -0.137. The summed E-state index contributed by atoms with van der Waals surface area (Å²) in [5.41, 5.74) is -0.544. The van der Waals surface area contributed by atoms with E-state index in [0.29, 0.717) is 5.02 Å². The number of hydrogen-bond acceptors (Lipinski definition) is 2. The van der Waals surface area contributed by atoms with Crippen molar-refractivity contribution in [2.75, 3.05) is 13.2 Å². The Morgan fingerprint density at radius 3 is 2.54 bits per heavy atom. The van der Waals surface area contributed by atoms with E-state index in [1.165, 1.54) is 30.3 Å². The van der Waals surface area contributed by atoms with Crippen LogP contribution in [0, 0.1) is 0 Å². The van der Waals surface area contributed by atoms with Gasteiger partial charge in [0.25, 0.3) is 5.91 Å². The monoisotopic (exact) mass is 377 g/mol. The molecular weight excluding hydrogens is 366 g/mol. The zero-order valence-corrected chi connectivity index (χ0v) is 13.7. The van der Waals surface area contributed by atoms with Crippen molar-refractivity contribution >= 4 is 29.1 Å². The molecule has 0 fully saturated rings. The molecule has 2 aromatic carbocycles. The van der Waals surface area contributed by atoms with Gasteiger partial charge in [0.2, 0.25) is 0 Å². The lowest BCUT2D eigenvalue weighted by Crippen LogP contribution is -2.28. The van der Waals surface area contributed by atoms with E-state index in [-0.39, 0.29) is 29.5 Å². The highest BCUT2D eigenvalue weighted by Gasteiger charge is 2.30. The predicted molar refractivity (Wildman–Crippen MR) is 85.7 cm³/mol. The summed E-state index contributed by atoms with van der Waals surface area (Å²) in [5, 5.41) is 3.17. The van der Waals surface area contributed by atoms with Gasteiger partial charge in [-0.15, -0.1) is 0 Å². The first-order chi connectivity index (χ1) is 11.3. The van der Waals surface area contributed by atoms with Gasteiger partial charge < -0.3 is 10.1 Å². The fourth-order valence-corrected chi connectivity index (χ4v) is 2.36. The van der Waals surface area contributed by atoms with Gasteiger partial charge in [0.15, 0.2) is 0 Å². The van der Waals surface area contributed by atoms with E-state index in [1.54, 1.807) is 0 Å². The number of alkyl halides is 3. The number of carbonyl (C=O) groups is 1. The van der Waals surface area contributed by atoms with Gasteiger partial charge in [0.05, 0.1) is 22.7 Å². The summed E-state index contributed by atoms with van der Waals surface area (Å²) in [4.78, 5) is 11.9. The number of rotatable bonds is 5. The van der Waals surface area contributed by atoms with Crippen LogP contribution in [-0.4, -0.2) is 19.1 Å². The maximum Gasteiger partial charge on any atom is 0.416 e. The van der Waals surface area contributed by atoms with E-state index < -0.39 is 17.6 Å². The van der Waals surface area contributed by atoms with Crippen molar-refractivity contribution in [1.82, 2.24) is 5.32 Å². The molecule has 0 bridgehead atoms. The largest absolute Gasteiger partial charge is 0.492 e. The van der Waals surface area contributed by atoms with Crippen LogP contribution in [0.5, 0.6) is 5.75 Å². The summed E-state index contributed by atoms with van der Waals surface area (Å²) < 4.78 is 43.0. The number of halogens is 5. The Hall–Kier alpha value is -1.92. The molecule has 128 valence electrons. The average Bonchev–Trinajstić information content (AvgIpc) is 2.51. The molecule has 1 N–H and O–H groups in total. The van der Waals surface area contributed by atoms with Crippen LogP contribution in [0.25, 0.3) is 0 Å². The van der Waals surface area contributed by atoms with E-state index in [1.807, 2.05) is 0 Å². The second-order valence-electron chi connectivity index (χ2n) is 4.75. The first-order valence-electron chi connectivity index (χ1n) is 6.80. The van der Waals surface area contributed by atoms with E-state index in [2.05, 4.69) is 5.32 Å². The quantitative estimate of drug-likeness (QED) is 0.758. The van der Waals surface area contributed by atoms with Crippen LogP contribution in [0.4, 0.5) is 13.2 Å². The van der Waals surface area contributed by atoms with E-state index in [0.717, 1.165) is 12.1 Å². The zero-order chi connectivity index (χ0) is 17.7. The summed E-state index contributed by atoms with van der Waals surface area (Å²) in [6.07, 6.45) is -4.43. The van der Waals surface area contributed by atoms with Crippen LogP contribution >= 0.6 is 23.2 Å². The molecule has 0 aliphatic heterocycles. The maximum absolute atomic E-state index is 12.6. The number of benzene rings is 2.